The highest BCUT2D eigenvalue weighted by Gasteiger charge is 2.21. The van der Waals surface area contributed by atoms with Crippen molar-refractivity contribution in [2.45, 2.75) is 20.3 Å². The van der Waals surface area contributed by atoms with Crippen molar-refractivity contribution in [1.82, 2.24) is 9.88 Å². The fraction of sp³-hybridized carbons (Fsp3) is 0.269. The molecule has 0 radical (unpaired) electrons. The van der Waals surface area contributed by atoms with Crippen LogP contribution in [0.4, 0.5) is 11.5 Å². The maximum Gasteiger partial charge on any atom is 0.255 e. The fourth-order valence-electron chi connectivity index (χ4n) is 3.86. The van der Waals surface area contributed by atoms with Crippen molar-refractivity contribution in [2.24, 2.45) is 0 Å². The van der Waals surface area contributed by atoms with E-state index in [1.165, 1.54) is 0 Å². The van der Waals surface area contributed by atoms with Gasteiger partial charge in [0.1, 0.15) is 5.82 Å². The third-order valence-electron chi connectivity index (χ3n) is 5.69. The molecule has 2 aromatic carbocycles. The lowest BCUT2D eigenvalue weighted by molar-refractivity contribution is 0.0767. The van der Waals surface area contributed by atoms with E-state index in [9.17, 15) is 9.59 Å². The zero-order valence-corrected chi connectivity index (χ0v) is 18.5. The van der Waals surface area contributed by atoms with Crippen LogP contribution in [0.2, 0.25) is 0 Å². The van der Waals surface area contributed by atoms with Crippen LogP contribution < -0.4 is 10.2 Å². The van der Waals surface area contributed by atoms with Crippen LogP contribution in [0.15, 0.2) is 66.9 Å². The van der Waals surface area contributed by atoms with Crippen LogP contribution in [0.25, 0.3) is 0 Å². The zero-order chi connectivity index (χ0) is 22.5. The van der Waals surface area contributed by atoms with Gasteiger partial charge in [0.15, 0.2) is 0 Å². The third kappa shape index (κ3) is 5.14. The van der Waals surface area contributed by atoms with Crippen LogP contribution in [-0.2, 0) is 0 Å². The predicted molar refractivity (Wildman–Crippen MR) is 127 cm³/mol. The summed E-state index contributed by atoms with van der Waals surface area (Å²) in [6, 6.07) is 19.0. The maximum absolute atomic E-state index is 12.8. The highest BCUT2D eigenvalue weighted by molar-refractivity contribution is 6.04. The van der Waals surface area contributed by atoms with Crippen LogP contribution in [0.3, 0.4) is 0 Å². The highest BCUT2D eigenvalue weighted by Crippen LogP contribution is 2.18. The van der Waals surface area contributed by atoms with E-state index in [1.54, 1.807) is 12.3 Å². The van der Waals surface area contributed by atoms with Gasteiger partial charge in [-0.25, -0.2) is 4.98 Å². The number of aromatic nitrogens is 1. The molecule has 0 spiro atoms. The molecule has 6 nitrogen and oxygen atoms in total. The molecular formula is C26H28N4O2. The van der Waals surface area contributed by atoms with Gasteiger partial charge in [0, 0.05) is 37.3 Å². The molecule has 4 rings (SSSR count). The van der Waals surface area contributed by atoms with Crippen molar-refractivity contribution in [3.05, 3.63) is 89.1 Å². The van der Waals surface area contributed by atoms with Gasteiger partial charge in [-0.05, 0) is 56.7 Å². The van der Waals surface area contributed by atoms with Crippen molar-refractivity contribution in [3.8, 4) is 0 Å². The highest BCUT2D eigenvalue weighted by atomic mass is 16.2. The molecule has 1 aliphatic heterocycles. The number of rotatable bonds is 4. The van der Waals surface area contributed by atoms with Crippen molar-refractivity contribution < 1.29 is 9.59 Å². The molecule has 0 aliphatic carbocycles. The van der Waals surface area contributed by atoms with Gasteiger partial charge in [0.2, 0.25) is 0 Å². The topological polar surface area (TPSA) is 65.5 Å². The second kappa shape index (κ2) is 9.64. The summed E-state index contributed by atoms with van der Waals surface area (Å²) in [5.74, 6) is 0.778. The molecular weight excluding hydrogens is 400 g/mol. The first-order valence-electron chi connectivity index (χ1n) is 10.9. The van der Waals surface area contributed by atoms with E-state index in [0.29, 0.717) is 17.8 Å². The average Bonchev–Trinajstić information content (AvgIpc) is 3.06. The summed E-state index contributed by atoms with van der Waals surface area (Å²) in [4.78, 5) is 34.0. The van der Waals surface area contributed by atoms with Crippen molar-refractivity contribution >= 4 is 23.3 Å². The number of carbonyl (C=O) groups is 2. The Morgan fingerprint density at radius 2 is 1.66 bits per heavy atom. The summed E-state index contributed by atoms with van der Waals surface area (Å²) >= 11 is 0. The Balaban J connectivity index is 1.36. The number of nitrogens with one attached hydrogen (secondary N) is 1. The molecule has 0 saturated carbocycles. The lowest BCUT2D eigenvalue weighted by Gasteiger charge is -2.23. The van der Waals surface area contributed by atoms with E-state index in [4.69, 9.17) is 0 Å². The molecule has 2 amide bonds. The molecule has 2 heterocycles. The molecule has 1 aromatic heterocycles. The molecule has 1 saturated heterocycles. The average molecular weight is 429 g/mol. The minimum absolute atomic E-state index is 0.0778. The monoisotopic (exact) mass is 428 g/mol. The number of amides is 2. The molecule has 0 atom stereocenters. The molecule has 1 N–H and O–H groups in total. The Labute approximate surface area is 188 Å². The zero-order valence-electron chi connectivity index (χ0n) is 18.5. The van der Waals surface area contributed by atoms with Gasteiger partial charge in [0.25, 0.3) is 11.8 Å². The molecule has 1 fully saturated rings. The molecule has 6 heteroatoms. The normalized spacial score (nSPS) is 14.1. The molecule has 1 aliphatic rings. The number of benzene rings is 2. The number of hydrogen-bond acceptors (Lipinski definition) is 4. The molecule has 3 aromatic rings. The Bertz CT molecular complexity index is 1090. The van der Waals surface area contributed by atoms with Crippen LogP contribution in [-0.4, -0.2) is 47.9 Å². The summed E-state index contributed by atoms with van der Waals surface area (Å²) in [7, 11) is 0. The standard InChI is InChI=1S/C26H28N4O2/c1-19-7-9-21(10-8-19)26(32)30-14-4-13-29(15-16-30)24-12-11-23(18-27-24)28-25(31)22-6-3-5-20(2)17-22/h3,5-12,17-18H,4,13-16H2,1-2H3,(H,28,31). The van der Waals surface area contributed by atoms with E-state index in [1.807, 2.05) is 73.3 Å². The Hall–Kier alpha value is -3.67. The Morgan fingerprint density at radius 3 is 2.38 bits per heavy atom. The number of pyridine rings is 1. The van der Waals surface area contributed by atoms with Crippen LogP contribution >= 0.6 is 0 Å². The van der Waals surface area contributed by atoms with Gasteiger partial charge in [-0.2, -0.15) is 0 Å². The summed E-state index contributed by atoms with van der Waals surface area (Å²) in [6.07, 6.45) is 2.56. The quantitative estimate of drug-likeness (QED) is 0.673. The number of carbonyl (C=O) groups excluding carboxylic acids is 2. The SMILES string of the molecule is Cc1ccc(C(=O)N2CCCN(c3ccc(NC(=O)c4cccc(C)c4)cn3)CC2)cc1. The molecule has 0 bridgehead atoms. The van der Waals surface area contributed by atoms with Crippen molar-refractivity contribution in [3.63, 3.8) is 0 Å². The Kier molecular flexibility index (Phi) is 6.50. The second-order valence-electron chi connectivity index (χ2n) is 8.23. The van der Waals surface area contributed by atoms with Gasteiger partial charge in [-0.1, -0.05) is 35.4 Å². The summed E-state index contributed by atoms with van der Waals surface area (Å²) in [6.45, 7) is 6.92. The number of aryl methyl sites for hydroxylation is 2. The maximum atomic E-state index is 12.8. The van der Waals surface area contributed by atoms with Gasteiger partial charge >= 0.3 is 0 Å². The summed E-state index contributed by atoms with van der Waals surface area (Å²) in [5, 5.41) is 2.90. The van der Waals surface area contributed by atoms with E-state index < -0.39 is 0 Å². The minimum atomic E-state index is -0.150. The van der Waals surface area contributed by atoms with Gasteiger partial charge in [-0.3, -0.25) is 9.59 Å². The Morgan fingerprint density at radius 1 is 0.844 bits per heavy atom. The lowest BCUT2D eigenvalue weighted by Crippen LogP contribution is -2.35. The van der Waals surface area contributed by atoms with Gasteiger partial charge in [0.05, 0.1) is 11.9 Å². The molecule has 0 unspecified atom stereocenters. The fourth-order valence-corrected chi connectivity index (χ4v) is 3.86. The largest absolute Gasteiger partial charge is 0.355 e. The van der Waals surface area contributed by atoms with Crippen LogP contribution in [0.1, 0.15) is 38.3 Å². The van der Waals surface area contributed by atoms with Gasteiger partial charge < -0.3 is 15.1 Å². The van der Waals surface area contributed by atoms with E-state index in [-0.39, 0.29) is 11.8 Å². The van der Waals surface area contributed by atoms with E-state index >= 15 is 0 Å². The van der Waals surface area contributed by atoms with Crippen molar-refractivity contribution in [1.29, 1.82) is 0 Å². The van der Waals surface area contributed by atoms with Crippen LogP contribution in [0.5, 0.6) is 0 Å². The number of anilines is 2. The first-order valence-corrected chi connectivity index (χ1v) is 10.9. The second-order valence-corrected chi connectivity index (χ2v) is 8.23. The third-order valence-corrected chi connectivity index (χ3v) is 5.69. The number of nitrogens with zero attached hydrogens (tertiary/aromatic N) is 3. The summed E-state index contributed by atoms with van der Waals surface area (Å²) in [5.41, 5.74) is 4.21. The van der Waals surface area contributed by atoms with Gasteiger partial charge in [-0.15, -0.1) is 0 Å². The first kappa shape index (κ1) is 21.6. The van der Waals surface area contributed by atoms with E-state index in [0.717, 1.165) is 48.6 Å². The molecule has 32 heavy (non-hydrogen) atoms. The summed E-state index contributed by atoms with van der Waals surface area (Å²) < 4.78 is 0. The number of hydrogen-bond donors (Lipinski definition) is 1. The molecule has 164 valence electrons. The lowest BCUT2D eigenvalue weighted by atomic mass is 10.1. The van der Waals surface area contributed by atoms with E-state index in [2.05, 4.69) is 15.2 Å². The smallest absolute Gasteiger partial charge is 0.255 e. The van der Waals surface area contributed by atoms with Crippen LogP contribution in [0, 0.1) is 13.8 Å². The first-order chi connectivity index (χ1) is 15.5. The predicted octanol–water partition coefficient (Wildman–Crippen LogP) is 4.30. The van der Waals surface area contributed by atoms with Crippen molar-refractivity contribution in [2.75, 3.05) is 36.4 Å². The minimum Gasteiger partial charge on any atom is -0.355 e.